The van der Waals surface area contributed by atoms with Crippen LogP contribution < -0.4 is 0 Å². The number of hydrogen-bond acceptors (Lipinski definition) is 6. The summed E-state index contributed by atoms with van der Waals surface area (Å²) < 4.78 is 45.0. The summed E-state index contributed by atoms with van der Waals surface area (Å²) >= 11 is 0. The summed E-state index contributed by atoms with van der Waals surface area (Å²) in [6.07, 6.45) is 0.364. The van der Waals surface area contributed by atoms with Crippen LogP contribution in [0.3, 0.4) is 0 Å². The van der Waals surface area contributed by atoms with E-state index < -0.39 is 12.1 Å². The molecular weight excluding hydrogens is 393 g/mol. The molecule has 0 unspecified atom stereocenters. The number of carboxylic acid groups (broad SMARTS) is 1. The SMILES string of the molecule is O=C(O)C(F)(F)F.c1coc(CN2CCCn3nnc(COCC4CC4)c3C2)c1. The Morgan fingerprint density at radius 3 is 2.72 bits per heavy atom. The minimum atomic E-state index is -5.08. The number of aliphatic carboxylic acids is 1. The van der Waals surface area contributed by atoms with Crippen molar-refractivity contribution in [1.29, 1.82) is 0 Å². The van der Waals surface area contributed by atoms with Crippen molar-refractivity contribution in [2.24, 2.45) is 5.92 Å². The molecular formula is C18H23F3N4O4. The first kappa shape index (κ1) is 21.3. The molecule has 1 aliphatic heterocycles. The lowest BCUT2D eigenvalue weighted by Crippen LogP contribution is -2.23. The van der Waals surface area contributed by atoms with Gasteiger partial charge < -0.3 is 14.3 Å². The number of aromatic nitrogens is 3. The lowest BCUT2D eigenvalue weighted by Gasteiger charge is -2.18. The van der Waals surface area contributed by atoms with Crippen molar-refractivity contribution in [3.8, 4) is 0 Å². The van der Waals surface area contributed by atoms with Crippen LogP contribution in [0.2, 0.25) is 0 Å². The summed E-state index contributed by atoms with van der Waals surface area (Å²) in [5.74, 6) is -0.968. The first-order valence-corrected chi connectivity index (χ1v) is 9.36. The van der Waals surface area contributed by atoms with Gasteiger partial charge in [-0.1, -0.05) is 5.21 Å². The van der Waals surface area contributed by atoms with Crippen LogP contribution in [0.5, 0.6) is 0 Å². The Kier molecular flexibility index (Phi) is 6.91. The smallest absolute Gasteiger partial charge is 0.475 e. The lowest BCUT2D eigenvalue weighted by atomic mass is 10.3. The summed E-state index contributed by atoms with van der Waals surface area (Å²) in [4.78, 5) is 11.3. The number of aryl methyl sites for hydroxylation is 1. The number of hydrogen-bond donors (Lipinski definition) is 1. The highest BCUT2D eigenvalue weighted by molar-refractivity contribution is 5.73. The van der Waals surface area contributed by atoms with Gasteiger partial charge >= 0.3 is 12.1 Å². The molecule has 2 aromatic rings. The average molecular weight is 416 g/mol. The molecule has 0 aromatic carbocycles. The van der Waals surface area contributed by atoms with Crippen LogP contribution in [0, 0.1) is 5.92 Å². The van der Waals surface area contributed by atoms with Gasteiger partial charge in [-0.05, 0) is 37.3 Å². The molecule has 0 amide bonds. The van der Waals surface area contributed by atoms with Gasteiger partial charge in [0.1, 0.15) is 11.5 Å². The Morgan fingerprint density at radius 2 is 2.10 bits per heavy atom. The first-order valence-electron chi connectivity index (χ1n) is 9.36. The van der Waals surface area contributed by atoms with Crippen LogP contribution in [-0.2, 0) is 35.8 Å². The molecule has 3 heterocycles. The molecule has 0 atom stereocenters. The van der Waals surface area contributed by atoms with E-state index >= 15 is 0 Å². The molecule has 11 heteroatoms. The van der Waals surface area contributed by atoms with Crippen molar-refractivity contribution in [2.45, 2.75) is 51.7 Å². The number of ether oxygens (including phenoxy) is 1. The molecule has 4 rings (SSSR count). The van der Waals surface area contributed by atoms with E-state index in [-0.39, 0.29) is 0 Å². The van der Waals surface area contributed by atoms with Crippen LogP contribution in [0.1, 0.15) is 36.4 Å². The predicted molar refractivity (Wildman–Crippen MR) is 93.5 cm³/mol. The van der Waals surface area contributed by atoms with Crippen LogP contribution in [0.25, 0.3) is 0 Å². The van der Waals surface area contributed by atoms with Crippen LogP contribution in [0.4, 0.5) is 13.2 Å². The summed E-state index contributed by atoms with van der Waals surface area (Å²) in [6.45, 7) is 5.12. The number of nitrogens with zero attached hydrogens (tertiary/aromatic N) is 4. The number of rotatable bonds is 6. The molecule has 1 aliphatic carbocycles. The second-order valence-electron chi connectivity index (χ2n) is 7.11. The Labute approximate surface area is 165 Å². The zero-order chi connectivity index (χ0) is 20.9. The first-order chi connectivity index (χ1) is 13.8. The molecule has 1 fully saturated rings. The van der Waals surface area contributed by atoms with Gasteiger partial charge in [0.25, 0.3) is 0 Å². The van der Waals surface area contributed by atoms with Crippen molar-refractivity contribution < 1.29 is 32.2 Å². The Morgan fingerprint density at radius 1 is 1.34 bits per heavy atom. The second kappa shape index (κ2) is 9.40. The van der Waals surface area contributed by atoms with E-state index in [1.54, 1.807) is 6.26 Å². The van der Waals surface area contributed by atoms with E-state index in [1.807, 2.05) is 16.8 Å². The van der Waals surface area contributed by atoms with E-state index in [2.05, 4.69) is 15.2 Å². The maximum absolute atomic E-state index is 10.6. The standard InChI is InChI=1S/C16H22N4O2.C2HF3O2/c1-3-14(22-8-1)9-19-6-2-7-20-16(10-19)15(17-18-20)12-21-11-13-4-5-13;3-2(4,5)1(6)7/h1,3,8,13H,2,4-7,9-12H2;(H,6,7). The van der Waals surface area contributed by atoms with Gasteiger partial charge in [-0.15, -0.1) is 5.10 Å². The molecule has 160 valence electrons. The van der Waals surface area contributed by atoms with Crippen molar-refractivity contribution in [2.75, 3.05) is 13.2 Å². The highest BCUT2D eigenvalue weighted by Gasteiger charge is 2.38. The van der Waals surface area contributed by atoms with Crippen LogP contribution in [0.15, 0.2) is 22.8 Å². The molecule has 1 N–H and O–H groups in total. The summed E-state index contributed by atoms with van der Waals surface area (Å²) in [7, 11) is 0. The highest BCUT2D eigenvalue weighted by Crippen LogP contribution is 2.29. The zero-order valence-electron chi connectivity index (χ0n) is 15.8. The number of furan rings is 1. The van der Waals surface area contributed by atoms with Gasteiger partial charge in [0.15, 0.2) is 0 Å². The Hall–Kier alpha value is -2.40. The molecule has 0 bridgehead atoms. The maximum atomic E-state index is 10.6. The predicted octanol–water partition coefficient (Wildman–Crippen LogP) is 2.84. The third-order valence-corrected chi connectivity index (χ3v) is 4.63. The number of alkyl halides is 3. The second-order valence-corrected chi connectivity index (χ2v) is 7.11. The van der Waals surface area contributed by atoms with Crippen LogP contribution in [-0.4, -0.2) is 50.3 Å². The number of halogens is 3. The topological polar surface area (TPSA) is 93.6 Å². The summed E-state index contributed by atoms with van der Waals surface area (Å²) in [6, 6.07) is 3.97. The van der Waals surface area contributed by atoms with Gasteiger partial charge in [-0.3, -0.25) is 4.90 Å². The van der Waals surface area contributed by atoms with E-state index in [0.29, 0.717) is 6.61 Å². The molecule has 0 spiro atoms. The number of fused-ring (bicyclic) bond motifs is 1. The summed E-state index contributed by atoms with van der Waals surface area (Å²) in [5, 5.41) is 15.7. The number of carboxylic acids is 1. The quantitative estimate of drug-likeness (QED) is 0.774. The monoisotopic (exact) mass is 416 g/mol. The van der Waals surface area contributed by atoms with Gasteiger partial charge in [0, 0.05) is 26.2 Å². The maximum Gasteiger partial charge on any atom is 0.490 e. The van der Waals surface area contributed by atoms with E-state index in [9.17, 15) is 13.2 Å². The molecule has 0 radical (unpaired) electrons. The van der Waals surface area contributed by atoms with E-state index in [4.69, 9.17) is 19.1 Å². The lowest BCUT2D eigenvalue weighted by molar-refractivity contribution is -0.192. The fraction of sp³-hybridized carbons (Fsp3) is 0.611. The fourth-order valence-electron chi connectivity index (χ4n) is 2.93. The third-order valence-electron chi connectivity index (χ3n) is 4.63. The van der Waals surface area contributed by atoms with E-state index in [1.165, 1.54) is 18.5 Å². The molecule has 8 nitrogen and oxygen atoms in total. The average Bonchev–Trinajstić information content (AvgIpc) is 3.27. The minimum absolute atomic E-state index is 0.584. The molecule has 2 aliphatic rings. The zero-order valence-corrected chi connectivity index (χ0v) is 15.8. The highest BCUT2D eigenvalue weighted by atomic mass is 19.4. The van der Waals surface area contributed by atoms with Gasteiger partial charge in [-0.2, -0.15) is 13.2 Å². The molecule has 2 aromatic heterocycles. The van der Waals surface area contributed by atoms with Crippen molar-refractivity contribution in [3.63, 3.8) is 0 Å². The molecule has 0 saturated heterocycles. The van der Waals surface area contributed by atoms with Crippen LogP contribution >= 0.6 is 0 Å². The number of carbonyl (C=O) groups is 1. The summed E-state index contributed by atoms with van der Waals surface area (Å²) in [5.41, 5.74) is 2.19. The van der Waals surface area contributed by atoms with E-state index in [0.717, 1.165) is 56.6 Å². The largest absolute Gasteiger partial charge is 0.490 e. The van der Waals surface area contributed by atoms with Crippen molar-refractivity contribution >= 4 is 5.97 Å². The Balaban J connectivity index is 0.000000298. The Bertz CT molecular complexity index is 788. The van der Waals surface area contributed by atoms with Gasteiger partial charge in [-0.25, -0.2) is 9.48 Å². The van der Waals surface area contributed by atoms with Crippen molar-refractivity contribution in [1.82, 2.24) is 19.9 Å². The molecule has 29 heavy (non-hydrogen) atoms. The van der Waals surface area contributed by atoms with Crippen molar-refractivity contribution in [3.05, 3.63) is 35.5 Å². The molecule has 1 saturated carbocycles. The fourth-order valence-corrected chi connectivity index (χ4v) is 2.93. The minimum Gasteiger partial charge on any atom is -0.475 e. The normalized spacial score (nSPS) is 17.2. The third kappa shape index (κ3) is 6.57. The van der Waals surface area contributed by atoms with Gasteiger partial charge in [0.2, 0.25) is 0 Å². The van der Waals surface area contributed by atoms with Gasteiger partial charge in [0.05, 0.1) is 25.1 Å².